The van der Waals surface area contributed by atoms with Gasteiger partial charge in [0.2, 0.25) is 0 Å². The third-order valence-corrected chi connectivity index (χ3v) is 2.88. The fraction of sp³-hybridized carbons (Fsp3) is 0.286. The van der Waals surface area contributed by atoms with Gasteiger partial charge in [0.25, 0.3) is 0 Å². The standard InChI is InChI=1S/C14H16N2O2/c1-3-13-15-8-9-16(13)10-11-6-4-5-7-12(11)14(17)18-2/h4-9H,3,10H2,1-2H3. The molecule has 2 aromatic rings. The Kier molecular flexibility index (Phi) is 3.77. The van der Waals surface area contributed by atoms with E-state index in [9.17, 15) is 4.79 Å². The van der Waals surface area contributed by atoms with Crippen molar-refractivity contribution in [3.05, 3.63) is 53.6 Å². The molecule has 0 saturated heterocycles. The molecule has 4 heteroatoms. The first-order valence-electron chi connectivity index (χ1n) is 5.92. The molecule has 0 bridgehead atoms. The molecule has 4 nitrogen and oxygen atoms in total. The molecule has 94 valence electrons. The average molecular weight is 244 g/mol. The van der Waals surface area contributed by atoms with Crippen molar-refractivity contribution in [2.24, 2.45) is 0 Å². The smallest absolute Gasteiger partial charge is 0.338 e. The third-order valence-electron chi connectivity index (χ3n) is 2.88. The van der Waals surface area contributed by atoms with E-state index >= 15 is 0 Å². The zero-order valence-electron chi connectivity index (χ0n) is 10.6. The van der Waals surface area contributed by atoms with E-state index in [1.165, 1.54) is 7.11 Å². The van der Waals surface area contributed by atoms with Crippen LogP contribution in [0.1, 0.15) is 28.7 Å². The summed E-state index contributed by atoms with van der Waals surface area (Å²) < 4.78 is 6.83. The number of rotatable bonds is 4. The largest absolute Gasteiger partial charge is 0.465 e. The van der Waals surface area contributed by atoms with Crippen molar-refractivity contribution in [3.8, 4) is 0 Å². The Morgan fingerprint density at radius 3 is 2.89 bits per heavy atom. The number of ether oxygens (including phenoxy) is 1. The van der Waals surface area contributed by atoms with E-state index in [2.05, 4.69) is 11.9 Å². The molecule has 0 aliphatic heterocycles. The summed E-state index contributed by atoms with van der Waals surface area (Å²) in [5, 5.41) is 0. The molecule has 0 saturated carbocycles. The highest BCUT2D eigenvalue weighted by Gasteiger charge is 2.12. The maximum atomic E-state index is 11.7. The van der Waals surface area contributed by atoms with Crippen LogP contribution in [0.2, 0.25) is 0 Å². The van der Waals surface area contributed by atoms with Crippen molar-refractivity contribution < 1.29 is 9.53 Å². The molecule has 0 unspecified atom stereocenters. The monoisotopic (exact) mass is 244 g/mol. The number of benzene rings is 1. The van der Waals surface area contributed by atoms with Gasteiger partial charge in [0.1, 0.15) is 5.82 Å². The summed E-state index contributed by atoms with van der Waals surface area (Å²) in [6.07, 6.45) is 4.57. The quantitative estimate of drug-likeness (QED) is 0.775. The Balaban J connectivity index is 2.32. The molecule has 0 amide bonds. The summed E-state index contributed by atoms with van der Waals surface area (Å²) in [7, 11) is 1.40. The lowest BCUT2D eigenvalue weighted by atomic mass is 10.1. The van der Waals surface area contributed by atoms with Crippen LogP contribution in [0.25, 0.3) is 0 Å². The molecular weight excluding hydrogens is 228 g/mol. The number of methoxy groups -OCH3 is 1. The lowest BCUT2D eigenvalue weighted by Crippen LogP contribution is -2.10. The second kappa shape index (κ2) is 5.49. The molecule has 18 heavy (non-hydrogen) atoms. The van der Waals surface area contributed by atoms with Crippen LogP contribution in [0.3, 0.4) is 0 Å². The summed E-state index contributed by atoms with van der Waals surface area (Å²) in [6.45, 7) is 2.69. The molecule has 0 aliphatic carbocycles. The van der Waals surface area contributed by atoms with Crippen LogP contribution in [0.5, 0.6) is 0 Å². The molecule has 1 aromatic heterocycles. The van der Waals surface area contributed by atoms with Crippen molar-refractivity contribution in [1.82, 2.24) is 9.55 Å². The lowest BCUT2D eigenvalue weighted by Gasteiger charge is -2.10. The number of carbonyl (C=O) groups excluding carboxylic acids is 1. The van der Waals surface area contributed by atoms with Crippen molar-refractivity contribution in [2.75, 3.05) is 7.11 Å². The predicted molar refractivity (Wildman–Crippen MR) is 68.5 cm³/mol. The number of imidazole rings is 1. The summed E-state index contributed by atoms with van der Waals surface area (Å²) in [4.78, 5) is 15.9. The van der Waals surface area contributed by atoms with Gasteiger partial charge in [0, 0.05) is 25.4 Å². The van der Waals surface area contributed by atoms with Crippen LogP contribution in [0.4, 0.5) is 0 Å². The summed E-state index contributed by atoms with van der Waals surface area (Å²) in [5.41, 5.74) is 1.55. The van der Waals surface area contributed by atoms with Gasteiger partial charge < -0.3 is 9.30 Å². The zero-order valence-corrected chi connectivity index (χ0v) is 10.6. The maximum absolute atomic E-state index is 11.7. The van der Waals surface area contributed by atoms with Crippen molar-refractivity contribution in [1.29, 1.82) is 0 Å². The Morgan fingerprint density at radius 1 is 1.39 bits per heavy atom. The normalized spacial score (nSPS) is 10.3. The van der Waals surface area contributed by atoms with E-state index in [4.69, 9.17) is 4.74 Å². The molecule has 1 aromatic carbocycles. The van der Waals surface area contributed by atoms with E-state index < -0.39 is 0 Å². The van der Waals surface area contributed by atoms with E-state index in [1.807, 2.05) is 29.0 Å². The van der Waals surface area contributed by atoms with Gasteiger partial charge in [-0.25, -0.2) is 9.78 Å². The molecule has 0 aliphatic rings. The molecule has 0 atom stereocenters. The van der Waals surface area contributed by atoms with Crippen LogP contribution in [-0.2, 0) is 17.7 Å². The van der Waals surface area contributed by atoms with Gasteiger partial charge in [0.15, 0.2) is 0 Å². The topological polar surface area (TPSA) is 44.1 Å². The van der Waals surface area contributed by atoms with Gasteiger partial charge in [-0.05, 0) is 11.6 Å². The van der Waals surface area contributed by atoms with E-state index in [0.717, 1.165) is 17.8 Å². The third kappa shape index (κ3) is 2.42. The van der Waals surface area contributed by atoms with Crippen LogP contribution in [0.15, 0.2) is 36.7 Å². The van der Waals surface area contributed by atoms with Gasteiger partial charge in [-0.2, -0.15) is 0 Å². The Labute approximate surface area is 106 Å². The van der Waals surface area contributed by atoms with Gasteiger partial charge in [0.05, 0.1) is 12.7 Å². The van der Waals surface area contributed by atoms with Crippen molar-refractivity contribution in [3.63, 3.8) is 0 Å². The van der Waals surface area contributed by atoms with Gasteiger partial charge in [-0.15, -0.1) is 0 Å². The highest BCUT2D eigenvalue weighted by Crippen LogP contribution is 2.13. The Hall–Kier alpha value is -2.10. The summed E-state index contributed by atoms with van der Waals surface area (Å²) in [6, 6.07) is 7.48. The molecule has 2 rings (SSSR count). The predicted octanol–water partition coefficient (Wildman–Crippen LogP) is 2.28. The van der Waals surface area contributed by atoms with E-state index in [0.29, 0.717) is 12.1 Å². The minimum Gasteiger partial charge on any atom is -0.465 e. The fourth-order valence-corrected chi connectivity index (χ4v) is 1.95. The minimum atomic E-state index is -0.302. The number of esters is 1. The molecule has 0 spiro atoms. The minimum absolute atomic E-state index is 0.302. The second-order valence-electron chi connectivity index (χ2n) is 3.97. The first-order valence-corrected chi connectivity index (χ1v) is 5.92. The average Bonchev–Trinajstić information content (AvgIpc) is 2.86. The number of nitrogens with zero attached hydrogens (tertiary/aromatic N) is 2. The molecule has 0 radical (unpaired) electrons. The van der Waals surface area contributed by atoms with Gasteiger partial charge in [-0.3, -0.25) is 0 Å². The van der Waals surface area contributed by atoms with Crippen LogP contribution < -0.4 is 0 Å². The fourth-order valence-electron chi connectivity index (χ4n) is 1.95. The first kappa shape index (κ1) is 12.4. The van der Waals surface area contributed by atoms with Crippen LogP contribution in [0, 0.1) is 0 Å². The molecule has 1 heterocycles. The maximum Gasteiger partial charge on any atom is 0.338 e. The van der Waals surface area contributed by atoms with E-state index in [1.54, 1.807) is 12.3 Å². The van der Waals surface area contributed by atoms with Gasteiger partial charge in [-0.1, -0.05) is 25.1 Å². The van der Waals surface area contributed by atoms with Gasteiger partial charge >= 0.3 is 5.97 Å². The number of aromatic nitrogens is 2. The highest BCUT2D eigenvalue weighted by molar-refractivity contribution is 5.90. The number of hydrogen-bond acceptors (Lipinski definition) is 3. The van der Waals surface area contributed by atoms with Crippen molar-refractivity contribution >= 4 is 5.97 Å². The number of aryl methyl sites for hydroxylation is 1. The Morgan fingerprint density at radius 2 is 2.17 bits per heavy atom. The zero-order chi connectivity index (χ0) is 13.0. The molecule has 0 fully saturated rings. The second-order valence-corrected chi connectivity index (χ2v) is 3.97. The first-order chi connectivity index (χ1) is 8.76. The number of carbonyl (C=O) groups is 1. The summed E-state index contributed by atoms with van der Waals surface area (Å²) >= 11 is 0. The molecular formula is C14H16N2O2. The summed E-state index contributed by atoms with van der Waals surface area (Å²) in [5.74, 6) is 0.707. The van der Waals surface area contributed by atoms with Crippen LogP contribution >= 0.6 is 0 Å². The highest BCUT2D eigenvalue weighted by atomic mass is 16.5. The molecule has 0 N–H and O–H groups in total. The number of hydrogen-bond donors (Lipinski definition) is 0. The van der Waals surface area contributed by atoms with Crippen LogP contribution in [-0.4, -0.2) is 22.6 Å². The SMILES string of the molecule is CCc1nccn1Cc1ccccc1C(=O)OC. The van der Waals surface area contributed by atoms with Crippen molar-refractivity contribution in [2.45, 2.75) is 19.9 Å². The Bertz CT molecular complexity index is 546. The lowest BCUT2D eigenvalue weighted by molar-refractivity contribution is 0.0599. The van der Waals surface area contributed by atoms with E-state index in [-0.39, 0.29) is 5.97 Å².